The number of nitrogens with one attached hydrogen (secondary N) is 1. The van der Waals surface area contributed by atoms with Gasteiger partial charge in [0.25, 0.3) is 10.8 Å². The molecule has 1 aliphatic rings. The van der Waals surface area contributed by atoms with Gasteiger partial charge < -0.3 is 9.88 Å². The molecule has 0 aliphatic carbocycles. The number of hydrogen-bond donors (Lipinski definition) is 1. The third-order valence-electron chi connectivity index (χ3n) is 4.17. The minimum atomic E-state index is -0.362. The highest BCUT2D eigenvalue weighted by Crippen LogP contribution is 2.28. The van der Waals surface area contributed by atoms with Gasteiger partial charge in [0.2, 0.25) is 0 Å². The highest BCUT2D eigenvalue weighted by Gasteiger charge is 2.24. The van der Waals surface area contributed by atoms with Crippen molar-refractivity contribution in [1.29, 1.82) is 0 Å². The summed E-state index contributed by atoms with van der Waals surface area (Å²) >= 11 is 0.969. The van der Waals surface area contributed by atoms with Crippen LogP contribution in [-0.2, 0) is 7.05 Å². The van der Waals surface area contributed by atoms with Crippen LogP contribution in [0.4, 0.5) is 14.9 Å². The lowest BCUT2D eigenvalue weighted by molar-refractivity contribution is 0.265. The van der Waals surface area contributed by atoms with E-state index in [0.717, 1.165) is 22.7 Å². The Bertz CT molecular complexity index is 1180. The molecule has 1 saturated heterocycles. The van der Waals surface area contributed by atoms with Gasteiger partial charge in [0.05, 0.1) is 16.1 Å². The first kappa shape index (κ1) is 17.2. The number of hydrogen-bond acceptors (Lipinski definition) is 4. The number of fused-ring (bicyclic) bond motifs is 1. The summed E-state index contributed by atoms with van der Waals surface area (Å²) in [4.78, 5) is 29.4. The summed E-state index contributed by atoms with van der Waals surface area (Å²) in [7, 11) is 1.71. The highest BCUT2D eigenvalue weighted by atomic mass is 32.2. The molecule has 0 spiro atoms. The van der Waals surface area contributed by atoms with Gasteiger partial charge >= 0.3 is 0 Å². The lowest BCUT2D eigenvalue weighted by Crippen LogP contribution is -2.20. The monoisotopic (exact) mass is 379 g/mol. The lowest BCUT2D eigenvalue weighted by Gasteiger charge is -2.07. The minimum absolute atomic E-state index is 0.165. The first-order chi connectivity index (χ1) is 13.0. The molecule has 0 atom stereocenters. The van der Waals surface area contributed by atoms with Crippen molar-refractivity contribution in [3.63, 3.8) is 0 Å². The van der Waals surface area contributed by atoms with E-state index < -0.39 is 0 Å². The van der Waals surface area contributed by atoms with E-state index in [0.29, 0.717) is 22.0 Å². The van der Waals surface area contributed by atoms with Crippen molar-refractivity contribution in [3.05, 3.63) is 81.2 Å². The molecule has 2 aromatic carbocycles. The topological polar surface area (TPSA) is 63.5 Å². The molecule has 2 heterocycles. The van der Waals surface area contributed by atoms with Crippen molar-refractivity contribution in [2.45, 2.75) is 0 Å². The molecular weight excluding hydrogens is 365 g/mol. The number of carbonyl (C=O) groups is 1. The van der Waals surface area contributed by atoms with Gasteiger partial charge in [-0.05, 0) is 59.6 Å². The van der Waals surface area contributed by atoms with Crippen molar-refractivity contribution in [2.24, 2.45) is 12.0 Å². The largest absolute Gasteiger partial charge is 0.311 e. The zero-order chi connectivity index (χ0) is 19.0. The van der Waals surface area contributed by atoms with E-state index in [2.05, 4.69) is 10.3 Å². The van der Waals surface area contributed by atoms with E-state index in [1.807, 2.05) is 24.3 Å². The Morgan fingerprint density at radius 1 is 1.11 bits per heavy atom. The Hall–Kier alpha value is -3.19. The first-order valence-electron chi connectivity index (χ1n) is 8.15. The van der Waals surface area contributed by atoms with Gasteiger partial charge in [-0.1, -0.05) is 18.2 Å². The van der Waals surface area contributed by atoms with E-state index >= 15 is 0 Å². The van der Waals surface area contributed by atoms with Crippen molar-refractivity contribution in [1.82, 2.24) is 9.88 Å². The van der Waals surface area contributed by atoms with E-state index in [9.17, 15) is 14.0 Å². The molecule has 1 fully saturated rings. The third-order valence-corrected chi connectivity index (χ3v) is 4.99. The average Bonchev–Trinajstić information content (AvgIpc) is 3.00. The molecule has 7 heteroatoms. The fourth-order valence-corrected chi connectivity index (χ4v) is 3.58. The molecule has 1 amide bonds. The van der Waals surface area contributed by atoms with E-state index in [4.69, 9.17) is 0 Å². The summed E-state index contributed by atoms with van der Waals surface area (Å²) < 4.78 is 14.6. The number of benzene rings is 2. The van der Waals surface area contributed by atoms with Crippen LogP contribution >= 0.6 is 11.8 Å². The molecule has 0 unspecified atom stereocenters. The zero-order valence-electron chi connectivity index (χ0n) is 14.3. The molecule has 3 aromatic rings. The minimum Gasteiger partial charge on any atom is -0.311 e. The number of rotatable bonds is 2. The van der Waals surface area contributed by atoms with Crippen LogP contribution in [0.25, 0.3) is 17.0 Å². The predicted molar refractivity (Wildman–Crippen MR) is 107 cm³/mol. The number of halogens is 1. The molecule has 1 aromatic heterocycles. The van der Waals surface area contributed by atoms with Gasteiger partial charge in [-0.15, -0.1) is 0 Å². The fourth-order valence-electron chi connectivity index (χ4n) is 2.85. The maximum atomic E-state index is 13.1. The Morgan fingerprint density at radius 2 is 1.85 bits per heavy atom. The van der Waals surface area contributed by atoms with Crippen molar-refractivity contribution >= 4 is 45.5 Å². The van der Waals surface area contributed by atoms with E-state index in [1.54, 1.807) is 23.8 Å². The lowest BCUT2D eigenvalue weighted by atomic mass is 10.1. The molecule has 4 rings (SSSR count). The van der Waals surface area contributed by atoms with Crippen molar-refractivity contribution < 1.29 is 9.18 Å². The standard InChI is InChI=1S/C20H14FN3O2S/c1-24-16-5-3-2-4-12(16)10-13(19(24)25)11-17-18(23-20(26)27-17)22-15-8-6-14(21)7-9-15/h2-11H,1H3,(H,22,23,26)/b17-11-. The van der Waals surface area contributed by atoms with Crippen LogP contribution in [0.1, 0.15) is 5.56 Å². The van der Waals surface area contributed by atoms with Crippen LogP contribution in [0.15, 0.2) is 69.3 Å². The van der Waals surface area contributed by atoms with Gasteiger partial charge in [-0.25, -0.2) is 9.38 Å². The summed E-state index contributed by atoms with van der Waals surface area (Å²) in [6, 6.07) is 15.0. The Labute approximate surface area is 158 Å². The second-order valence-corrected chi connectivity index (χ2v) is 7.00. The third kappa shape index (κ3) is 3.41. The quantitative estimate of drug-likeness (QED) is 0.726. The molecule has 134 valence electrons. The van der Waals surface area contributed by atoms with Crippen LogP contribution in [0.3, 0.4) is 0 Å². The normalized spacial score (nSPS) is 17.0. The molecule has 0 saturated carbocycles. The van der Waals surface area contributed by atoms with Gasteiger partial charge in [0.1, 0.15) is 11.7 Å². The highest BCUT2D eigenvalue weighted by molar-refractivity contribution is 8.18. The SMILES string of the molecule is Cn1c(=O)c(/C=C2\SC(=O)NC2=Nc2ccc(F)cc2)cc2ccccc21. The number of carbonyl (C=O) groups excluding carboxylic acids is 1. The zero-order valence-corrected chi connectivity index (χ0v) is 15.1. The fraction of sp³-hybridized carbons (Fsp3) is 0.0500. The Balaban J connectivity index is 1.81. The van der Waals surface area contributed by atoms with Crippen molar-refractivity contribution in [2.75, 3.05) is 0 Å². The number of amides is 1. The number of para-hydroxylation sites is 1. The van der Waals surface area contributed by atoms with E-state index in [1.165, 1.54) is 24.3 Å². The Kier molecular flexibility index (Phi) is 4.37. The van der Waals surface area contributed by atoms with Gasteiger partial charge in [-0.3, -0.25) is 9.59 Å². The number of aryl methyl sites for hydroxylation is 1. The van der Waals surface area contributed by atoms with Gasteiger partial charge in [-0.2, -0.15) is 0 Å². The molecule has 1 aliphatic heterocycles. The van der Waals surface area contributed by atoms with Gasteiger partial charge in [0, 0.05) is 12.6 Å². The summed E-state index contributed by atoms with van der Waals surface area (Å²) in [5, 5.41) is 3.31. The van der Waals surface area contributed by atoms with Crippen LogP contribution < -0.4 is 10.9 Å². The molecular formula is C20H14FN3O2S. The Morgan fingerprint density at radius 3 is 2.63 bits per heavy atom. The molecule has 5 nitrogen and oxygen atoms in total. The number of nitrogens with zero attached hydrogens (tertiary/aromatic N) is 2. The average molecular weight is 379 g/mol. The number of aliphatic imine (C=N–C) groups is 1. The maximum absolute atomic E-state index is 13.1. The van der Waals surface area contributed by atoms with Crippen LogP contribution in [0.2, 0.25) is 0 Å². The molecule has 1 N–H and O–H groups in total. The number of amidine groups is 1. The van der Waals surface area contributed by atoms with Crippen molar-refractivity contribution in [3.8, 4) is 0 Å². The molecule has 27 heavy (non-hydrogen) atoms. The van der Waals surface area contributed by atoms with Crippen LogP contribution in [0, 0.1) is 5.82 Å². The van der Waals surface area contributed by atoms with Crippen LogP contribution in [-0.4, -0.2) is 15.6 Å². The molecule has 0 bridgehead atoms. The smallest absolute Gasteiger partial charge is 0.289 e. The first-order valence-corrected chi connectivity index (χ1v) is 8.97. The number of aromatic nitrogens is 1. The maximum Gasteiger partial charge on any atom is 0.289 e. The summed E-state index contributed by atoms with van der Waals surface area (Å²) in [6.07, 6.45) is 1.65. The summed E-state index contributed by atoms with van der Waals surface area (Å²) in [5.74, 6) is -0.0222. The van der Waals surface area contributed by atoms with E-state index in [-0.39, 0.29) is 16.6 Å². The second-order valence-electron chi connectivity index (χ2n) is 5.98. The number of pyridine rings is 1. The summed E-state index contributed by atoms with van der Waals surface area (Å²) in [5.41, 5.74) is 1.63. The number of thioether (sulfide) groups is 1. The second kappa shape index (κ2) is 6.85. The van der Waals surface area contributed by atoms with Gasteiger partial charge in [0.15, 0.2) is 0 Å². The predicted octanol–water partition coefficient (Wildman–Crippen LogP) is 4.21. The summed E-state index contributed by atoms with van der Waals surface area (Å²) in [6.45, 7) is 0. The molecule has 0 radical (unpaired) electrons. The van der Waals surface area contributed by atoms with Crippen LogP contribution in [0.5, 0.6) is 0 Å².